The largest absolute Gasteiger partial charge is 0.332 e. The van der Waals surface area contributed by atoms with Gasteiger partial charge in [0.2, 0.25) is 13.9 Å². The minimum atomic E-state index is -1.61. The zero-order valence-electron chi connectivity index (χ0n) is 33.8. The van der Waals surface area contributed by atoms with E-state index < -0.39 is 22.4 Å². The molecule has 0 amide bonds. The Labute approximate surface area is 314 Å². The van der Waals surface area contributed by atoms with Gasteiger partial charge in [-0.25, -0.2) is 0 Å². The van der Waals surface area contributed by atoms with Crippen LogP contribution in [-0.2, 0) is 27.4 Å². The highest BCUT2D eigenvalue weighted by Gasteiger charge is 2.45. The monoisotopic (exact) mass is 747 g/mol. The van der Waals surface area contributed by atoms with Crippen molar-refractivity contribution in [1.82, 2.24) is 0 Å². The van der Waals surface area contributed by atoms with Crippen LogP contribution in [0.1, 0.15) is 226 Å². The maximum atomic E-state index is 13.3. The molecule has 0 saturated carbocycles. The molecule has 0 aromatic carbocycles. The van der Waals surface area contributed by atoms with Crippen LogP contribution < -0.4 is 0 Å². The highest BCUT2D eigenvalue weighted by molar-refractivity contribution is 7.66. The molecule has 1 saturated heterocycles. The number of carbonyl (C=O) groups excluding carboxylic acids is 1. The second kappa shape index (κ2) is 36.3. The third-order valence-corrected chi connectivity index (χ3v) is 12.9. The molecule has 0 N–H and O–H groups in total. The summed E-state index contributed by atoms with van der Waals surface area (Å²) in [6, 6.07) is 0. The second-order valence-electron chi connectivity index (χ2n) is 15.3. The van der Waals surface area contributed by atoms with Crippen LogP contribution in [0, 0.1) is 5.41 Å². The molecule has 8 heteroatoms. The molecule has 0 bridgehead atoms. The van der Waals surface area contributed by atoms with Crippen LogP contribution >= 0.6 is 17.0 Å². The molecule has 1 aliphatic heterocycles. The zero-order valence-corrected chi connectivity index (χ0v) is 35.6. The molecule has 0 aromatic rings. The van der Waals surface area contributed by atoms with E-state index >= 15 is 0 Å². The Kier molecular flexibility index (Phi) is 35.1. The summed E-state index contributed by atoms with van der Waals surface area (Å²) in [5.74, 6) is 0. The fourth-order valence-electron chi connectivity index (χ4n) is 6.67. The Bertz CT molecular complexity index is 718. The number of carbonyl (C=O) groups is 1. The number of hydrogen-bond donors (Lipinski definition) is 0. The minimum Gasteiger partial charge on any atom is -0.332 e. The first-order valence-electron chi connectivity index (χ1n) is 21.8. The fraction of sp³-hybridized carbons (Fsp3) is 0.976. The van der Waals surface area contributed by atoms with E-state index in [1.807, 2.05) is 6.92 Å². The summed E-state index contributed by atoms with van der Waals surface area (Å²) in [6.07, 6.45) is 43.2. The van der Waals surface area contributed by atoms with Gasteiger partial charge in [-0.1, -0.05) is 206 Å². The van der Waals surface area contributed by atoms with Gasteiger partial charge in [-0.15, -0.1) is 0 Å². The normalized spacial score (nSPS) is 18.5. The molecular formula is C42H84O6P2. The third kappa shape index (κ3) is 27.9. The maximum Gasteiger partial charge on any atom is 0.332 e. The SMILES string of the molecule is CCCCCCCCCCCCCCCCCCOP1OCC(C)(C(=O)P(OC)OCCCCCCCCCCCCCCCCCC)CO1. The Morgan fingerprint density at radius 1 is 0.520 bits per heavy atom. The van der Waals surface area contributed by atoms with Gasteiger partial charge in [0.1, 0.15) is 0 Å². The van der Waals surface area contributed by atoms with Crippen LogP contribution in [-0.4, -0.2) is 39.1 Å². The summed E-state index contributed by atoms with van der Waals surface area (Å²) in [4.78, 5) is 13.3. The Morgan fingerprint density at radius 3 is 1.14 bits per heavy atom. The van der Waals surface area contributed by atoms with Gasteiger partial charge in [0.25, 0.3) is 0 Å². The van der Waals surface area contributed by atoms with E-state index in [2.05, 4.69) is 13.8 Å². The van der Waals surface area contributed by atoms with Crippen LogP contribution in [0.3, 0.4) is 0 Å². The van der Waals surface area contributed by atoms with E-state index in [0.717, 1.165) is 19.3 Å². The lowest BCUT2D eigenvalue weighted by atomic mass is 9.95. The van der Waals surface area contributed by atoms with Crippen molar-refractivity contribution in [1.29, 1.82) is 0 Å². The van der Waals surface area contributed by atoms with Crippen molar-refractivity contribution in [2.24, 2.45) is 5.41 Å². The summed E-state index contributed by atoms with van der Waals surface area (Å²) in [5.41, 5.74) is -0.800. The highest BCUT2D eigenvalue weighted by atomic mass is 31.2. The highest BCUT2D eigenvalue weighted by Crippen LogP contribution is 2.52. The molecule has 1 heterocycles. The lowest BCUT2D eigenvalue weighted by Gasteiger charge is -2.35. The number of hydrogen-bond acceptors (Lipinski definition) is 6. The van der Waals surface area contributed by atoms with E-state index in [4.69, 9.17) is 22.6 Å². The molecule has 0 aromatic heterocycles. The van der Waals surface area contributed by atoms with Crippen LogP contribution in [0.25, 0.3) is 0 Å². The summed E-state index contributed by atoms with van der Waals surface area (Å²) in [5, 5.41) is 0. The summed E-state index contributed by atoms with van der Waals surface area (Å²) >= 11 is 0. The summed E-state index contributed by atoms with van der Waals surface area (Å²) < 4.78 is 29.1. The fourth-order valence-corrected chi connectivity index (χ4v) is 9.20. The topological polar surface area (TPSA) is 63.2 Å². The standard InChI is InChI=1S/C42H84O6P2/c1-5-7-9-11-13-15-17-19-21-23-25-27-29-31-33-35-37-45-49(44-4)41(43)42(3)39-47-50(48-40-42)46-38-36-34-32-30-28-26-24-22-20-18-16-14-12-10-8-6-2/h5-40H2,1-4H3. The Hall–Kier alpha value is 0.330. The van der Waals surface area contributed by atoms with Gasteiger partial charge in [-0.3, -0.25) is 4.79 Å². The first-order valence-corrected chi connectivity index (χ1v) is 24.0. The lowest BCUT2D eigenvalue weighted by Crippen LogP contribution is -2.39. The first kappa shape index (κ1) is 48.3. The van der Waals surface area contributed by atoms with Gasteiger partial charge in [0.15, 0.2) is 0 Å². The molecule has 1 unspecified atom stereocenters. The van der Waals surface area contributed by atoms with Crippen molar-refractivity contribution in [2.75, 3.05) is 33.5 Å². The average molecular weight is 747 g/mol. The lowest BCUT2D eigenvalue weighted by molar-refractivity contribution is -0.127. The van der Waals surface area contributed by atoms with Gasteiger partial charge in [-0.05, 0) is 19.8 Å². The van der Waals surface area contributed by atoms with Gasteiger partial charge in [-0.2, -0.15) is 0 Å². The second-order valence-corrected chi connectivity index (χ2v) is 18.1. The third-order valence-electron chi connectivity index (χ3n) is 10.2. The molecule has 0 radical (unpaired) electrons. The smallest absolute Gasteiger partial charge is 0.332 e. The Morgan fingerprint density at radius 2 is 0.820 bits per heavy atom. The van der Waals surface area contributed by atoms with Crippen molar-refractivity contribution in [3.63, 3.8) is 0 Å². The van der Waals surface area contributed by atoms with Crippen molar-refractivity contribution < 1.29 is 27.4 Å². The van der Waals surface area contributed by atoms with Crippen molar-refractivity contribution in [2.45, 2.75) is 226 Å². The zero-order chi connectivity index (χ0) is 36.2. The molecule has 1 rings (SSSR count). The van der Waals surface area contributed by atoms with Crippen molar-refractivity contribution >= 4 is 22.5 Å². The molecule has 50 heavy (non-hydrogen) atoms. The van der Waals surface area contributed by atoms with Crippen LogP contribution in [0.4, 0.5) is 0 Å². The van der Waals surface area contributed by atoms with Gasteiger partial charge in [0, 0.05) is 7.11 Å². The van der Waals surface area contributed by atoms with E-state index in [-0.39, 0.29) is 5.52 Å². The molecule has 1 atom stereocenters. The van der Waals surface area contributed by atoms with E-state index in [9.17, 15) is 4.79 Å². The quantitative estimate of drug-likeness (QED) is 0.0461. The first-order chi connectivity index (χ1) is 24.6. The molecule has 298 valence electrons. The minimum absolute atomic E-state index is 0.0426. The van der Waals surface area contributed by atoms with Crippen molar-refractivity contribution in [3.8, 4) is 0 Å². The van der Waals surface area contributed by atoms with Crippen LogP contribution in [0.2, 0.25) is 0 Å². The van der Waals surface area contributed by atoms with Crippen LogP contribution in [0.5, 0.6) is 0 Å². The molecular weight excluding hydrogens is 662 g/mol. The molecule has 0 aliphatic carbocycles. The van der Waals surface area contributed by atoms with Crippen LogP contribution in [0.15, 0.2) is 0 Å². The molecule has 1 fully saturated rings. The molecule has 0 spiro atoms. The number of unbranched alkanes of at least 4 members (excludes halogenated alkanes) is 30. The molecule has 6 nitrogen and oxygen atoms in total. The average Bonchev–Trinajstić information content (AvgIpc) is 3.13. The maximum absolute atomic E-state index is 13.3. The van der Waals surface area contributed by atoms with E-state index in [1.54, 1.807) is 7.11 Å². The Balaban J connectivity index is 1.94. The summed E-state index contributed by atoms with van der Waals surface area (Å²) in [7, 11) is -1.42. The van der Waals surface area contributed by atoms with Crippen molar-refractivity contribution in [3.05, 3.63) is 0 Å². The summed E-state index contributed by atoms with van der Waals surface area (Å²) in [6.45, 7) is 8.27. The van der Waals surface area contributed by atoms with E-state index in [1.165, 1.54) is 186 Å². The predicted molar refractivity (Wildman–Crippen MR) is 217 cm³/mol. The molecule has 1 aliphatic rings. The van der Waals surface area contributed by atoms with Gasteiger partial charge in [0.05, 0.1) is 31.8 Å². The predicted octanol–water partition coefficient (Wildman–Crippen LogP) is 15.3. The van der Waals surface area contributed by atoms with Gasteiger partial charge < -0.3 is 22.6 Å². The number of rotatable bonds is 39. The van der Waals surface area contributed by atoms with E-state index in [0.29, 0.717) is 26.4 Å². The van der Waals surface area contributed by atoms with Gasteiger partial charge >= 0.3 is 8.60 Å².